The third-order valence-electron chi connectivity index (χ3n) is 2.46. The summed E-state index contributed by atoms with van der Waals surface area (Å²) in [4.78, 5) is 34.1. The molecule has 0 heterocycles. The maximum Gasteiger partial charge on any atom is 0.307 e. The van der Waals surface area contributed by atoms with Crippen LogP contribution < -0.4 is 5.73 Å². The van der Waals surface area contributed by atoms with Crippen LogP contribution in [0.5, 0.6) is 0 Å². The van der Waals surface area contributed by atoms with E-state index in [4.69, 9.17) is 10.8 Å². The molecule has 1 aliphatic rings. The van der Waals surface area contributed by atoms with Crippen molar-refractivity contribution >= 4 is 17.8 Å². The van der Waals surface area contributed by atoms with Crippen molar-refractivity contribution < 1.29 is 19.5 Å². The van der Waals surface area contributed by atoms with Gasteiger partial charge >= 0.3 is 5.97 Å². The standard InChI is InChI=1S/C9H14N2O4/c1-2-11(4-7(10)12)8(13)5-3-6(5)9(14)15/h5-6H,2-4H2,1H3,(H2,10,12)(H,14,15). The predicted molar refractivity (Wildman–Crippen MR) is 50.7 cm³/mol. The normalized spacial score (nSPS) is 23.3. The van der Waals surface area contributed by atoms with E-state index in [0.717, 1.165) is 0 Å². The fourth-order valence-corrected chi connectivity index (χ4v) is 1.51. The topological polar surface area (TPSA) is 101 Å². The van der Waals surface area contributed by atoms with E-state index >= 15 is 0 Å². The second kappa shape index (κ2) is 4.29. The summed E-state index contributed by atoms with van der Waals surface area (Å²) in [6.45, 7) is 1.95. The van der Waals surface area contributed by atoms with Crippen molar-refractivity contribution in [1.29, 1.82) is 0 Å². The zero-order chi connectivity index (χ0) is 11.6. The van der Waals surface area contributed by atoms with Crippen LogP contribution in [0.3, 0.4) is 0 Å². The highest BCUT2D eigenvalue weighted by Gasteiger charge is 2.49. The van der Waals surface area contributed by atoms with Crippen molar-refractivity contribution in [3.63, 3.8) is 0 Å². The number of rotatable bonds is 5. The first-order valence-electron chi connectivity index (χ1n) is 4.77. The van der Waals surface area contributed by atoms with Gasteiger partial charge in [-0.15, -0.1) is 0 Å². The molecule has 0 spiro atoms. The molecule has 0 bridgehead atoms. The molecular weight excluding hydrogens is 200 g/mol. The summed E-state index contributed by atoms with van der Waals surface area (Å²) >= 11 is 0. The maximum absolute atomic E-state index is 11.6. The molecule has 0 aromatic rings. The summed E-state index contributed by atoms with van der Waals surface area (Å²) in [5.41, 5.74) is 4.97. The van der Waals surface area contributed by atoms with Crippen LogP contribution in [0.15, 0.2) is 0 Å². The Morgan fingerprint density at radius 2 is 2.00 bits per heavy atom. The SMILES string of the molecule is CCN(CC(N)=O)C(=O)C1CC1C(=O)O. The molecule has 0 aliphatic heterocycles. The Labute approximate surface area is 87.0 Å². The average Bonchev–Trinajstić information content (AvgIpc) is 2.92. The second-order valence-electron chi connectivity index (χ2n) is 3.61. The number of carboxylic acid groups (broad SMARTS) is 1. The van der Waals surface area contributed by atoms with Gasteiger partial charge in [0.05, 0.1) is 18.4 Å². The Kier molecular flexibility index (Phi) is 3.28. The molecule has 2 unspecified atom stereocenters. The van der Waals surface area contributed by atoms with Gasteiger partial charge < -0.3 is 15.7 Å². The van der Waals surface area contributed by atoms with Gasteiger partial charge in [-0.1, -0.05) is 0 Å². The molecule has 2 amide bonds. The van der Waals surface area contributed by atoms with Gasteiger partial charge in [-0.25, -0.2) is 0 Å². The number of nitrogens with two attached hydrogens (primary N) is 1. The highest BCUT2D eigenvalue weighted by atomic mass is 16.4. The minimum atomic E-state index is -0.955. The fraction of sp³-hybridized carbons (Fsp3) is 0.667. The van der Waals surface area contributed by atoms with Crippen molar-refractivity contribution in [2.45, 2.75) is 13.3 Å². The molecule has 0 radical (unpaired) electrons. The number of likely N-dealkylation sites (N-methyl/N-ethyl adjacent to an activating group) is 1. The van der Waals surface area contributed by atoms with Crippen LogP contribution >= 0.6 is 0 Å². The number of primary amides is 1. The van der Waals surface area contributed by atoms with Crippen molar-refractivity contribution in [2.75, 3.05) is 13.1 Å². The first-order valence-corrected chi connectivity index (χ1v) is 4.77. The van der Waals surface area contributed by atoms with E-state index < -0.39 is 23.7 Å². The van der Waals surface area contributed by atoms with Gasteiger partial charge in [-0.2, -0.15) is 0 Å². The zero-order valence-electron chi connectivity index (χ0n) is 8.47. The van der Waals surface area contributed by atoms with E-state index in [1.54, 1.807) is 6.92 Å². The quantitative estimate of drug-likeness (QED) is 0.615. The molecule has 0 saturated heterocycles. The van der Waals surface area contributed by atoms with Gasteiger partial charge in [-0.05, 0) is 13.3 Å². The van der Waals surface area contributed by atoms with Crippen LogP contribution in [-0.4, -0.2) is 40.9 Å². The molecule has 6 nitrogen and oxygen atoms in total. The molecule has 1 rings (SSSR count). The summed E-state index contributed by atoms with van der Waals surface area (Å²) in [6.07, 6.45) is 0.365. The van der Waals surface area contributed by atoms with E-state index in [-0.39, 0.29) is 12.5 Å². The van der Waals surface area contributed by atoms with Crippen molar-refractivity contribution in [1.82, 2.24) is 4.90 Å². The lowest BCUT2D eigenvalue weighted by molar-refractivity contribution is -0.142. The molecule has 1 fully saturated rings. The summed E-state index contributed by atoms with van der Waals surface area (Å²) in [5.74, 6) is -2.88. The van der Waals surface area contributed by atoms with Crippen LogP contribution in [0.1, 0.15) is 13.3 Å². The lowest BCUT2D eigenvalue weighted by atomic mass is 10.2. The second-order valence-corrected chi connectivity index (χ2v) is 3.61. The number of hydrogen-bond acceptors (Lipinski definition) is 3. The van der Waals surface area contributed by atoms with Gasteiger partial charge in [-0.3, -0.25) is 14.4 Å². The Balaban J connectivity index is 2.52. The van der Waals surface area contributed by atoms with Gasteiger partial charge in [0.15, 0.2) is 0 Å². The fourth-order valence-electron chi connectivity index (χ4n) is 1.51. The van der Waals surface area contributed by atoms with Crippen LogP contribution in [0.4, 0.5) is 0 Å². The van der Waals surface area contributed by atoms with Crippen molar-refractivity contribution in [3.8, 4) is 0 Å². The third kappa shape index (κ3) is 2.68. The number of carboxylic acids is 1. The molecular formula is C9H14N2O4. The summed E-state index contributed by atoms with van der Waals surface area (Å²) in [6, 6.07) is 0. The van der Waals surface area contributed by atoms with E-state index in [9.17, 15) is 14.4 Å². The summed E-state index contributed by atoms with van der Waals surface area (Å²) in [7, 11) is 0. The smallest absolute Gasteiger partial charge is 0.307 e. The minimum absolute atomic E-state index is 0.141. The van der Waals surface area contributed by atoms with Gasteiger partial charge in [0.25, 0.3) is 0 Å². The van der Waals surface area contributed by atoms with Crippen molar-refractivity contribution in [3.05, 3.63) is 0 Å². The Morgan fingerprint density at radius 3 is 2.33 bits per heavy atom. The first kappa shape index (κ1) is 11.5. The van der Waals surface area contributed by atoms with Crippen LogP contribution in [-0.2, 0) is 14.4 Å². The van der Waals surface area contributed by atoms with Gasteiger partial charge in [0.1, 0.15) is 0 Å². The number of aliphatic carboxylic acids is 1. The van der Waals surface area contributed by atoms with E-state index in [1.807, 2.05) is 0 Å². The monoisotopic (exact) mass is 214 g/mol. The number of carbonyl (C=O) groups is 3. The molecule has 84 valence electrons. The molecule has 6 heteroatoms. The Morgan fingerprint density at radius 1 is 1.40 bits per heavy atom. The average molecular weight is 214 g/mol. The molecule has 0 aromatic heterocycles. The number of carbonyl (C=O) groups excluding carboxylic acids is 2. The number of hydrogen-bond donors (Lipinski definition) is 2. The third-order valence-corrected chi connectivity index (χ3v) is 2.46. The highest BCUT2D eigenvalue weighted by Crippen LogP contribution is 2.39. The number of amides is 2. The van der Waals surface area contributed by atoms with E-state index in [2.05, 4.69) is 0 Å². The molecule has 1 aliphatic carbocycles. The Hall–Kier alpha value is -1.59. The molecule has 0 aromatic carbocycles. The van der Waals surface area contributed by atoms with Gasteiger partial charge in [0.2, 0.25) is 11.8 Å². The van der Waals surface area contributed by atoms with Crippen LogP contribution in [0, 0.1) is 11.8 Å². The highest BCUT2D eigenvalue weighted by molar-refractivity contribution is 5.91. The van der Waals surface area contributed by atoms with Crippen LogP contribution in [0.25, 0.3) is 0 Å². The van der Waals surface area contributed by atoms with Crippen LogP contribution in [0.2, 0.25) is 0 Å². The number of nitrogens with zero attached hydrogens (tertiary/aromatic N) is 1. The molecule has 1 saturated carbocycles. The Bertz CT molecular complexity index is 302. The zero-order valence-corrected chi connectivity index (χ0v) is 8.47. The predicted octanol–water partition coefficient (Wildman–Crippen LogP) is -0.959. The maximum atomic E-state index is 11.6. The molecule has 15 heavy (non-hydrogen) atoms. The van der Waals surface area contributed by atoms with Gasteiger partial charge in [0, 0.05) is 6.54 Å². The largest absolute Gasteiger partial charge is 0.481 e. The first-order chi connectivity index (χ1) is 6.97. The van der Waals surface area contributed by atoms with E-state index in [1.165, 1.54) is 4.90 Å². The van der Waals surface area contributed by atoms with E-state index in [0.29, 0.717) is 13.0 Å². The summed E-state index contributed by atoms with van der Waals surface area (Å²) in [5, 5.41) is 8.65. The molecule has 2 atom stereocenters. The lowest BCUT2D eigenvalue weighted by Gasteiger charge is -2.18. The summed E-state index contributed by atoms with van der Waals surface area (Å²) < 4.78 is 0. The molecule has 3 N–H and O–H groups in total. The van der Waals surface area contributed by atoms with Crippen molar-refractivity contribution in [2.24, 2.45) is 17.6 Å². The minimum Gasteiger partial charge on any atom is -0.481 e. The lowest BCUT2D eigenvalue weighted by Crippen LogP contribution is -2.39.